The van der Waals surface area contributed by atoms with Crippen LogP contribution in [0.1, 0.15) is 54.7 Å². The molecule has 5 nitrogen and oxygen atoms in total. The lowest BCUT2D eigenvalue weighted by molar-refractivity contribution is 0.0699. The SMILES string of the molecule is CCNC1CCCC(c2nc3c(C(=O)O)cccc3[nH]2)C1. The van der Waals surface area contributed by atoms with Crippen LogP contribution in [0.4, 0.5) is 0 Å². The molecule has 1 aromatic heterocycles. The van der Waals surface area contributed by atoms with Gasteiger partial charge in [-0.2, -0.15) is 0 Å². The molecular weight excluding hydrogens is 266 g/mol. The highest BCUT2D eigenvalue weighted by Crippen LogP contribution is 2.32. The van der Waals surface area contributed by atoms with Crippen molar-refractivity contribution in [2.45, 2.75) is 44.6 Å². The molecule has 0 amide bonds. The first-order valence-electron chi connectivity index (χ1n) is 7.64. The molecule has 2 unspecified atom stereocenters. The molecule has 1 heterocycles. The number of H-pyrrole nitrogens is 1. The van der Waals surface area contributed by atoms with Crippen molar-refractivity contribution in [3.8, 4) is 0 Å². The van der Waals surface area contributed by atoms with Crippen molar-refractivity contribution < 1.29 is 9.90 Å². The largest absolute Gasteiger partial charge is 0.478 e. The fourth-order valence-corrected chi connectivity index (χ4v) is 3.33. The Morgan fingerprint density at radius 3 is 3.10 bits per heavy atom. The fraction of sp³-hybridized carbons (Fsp3) is 0.500. The molecule has 3 rings (SSSR count). The van der Waals surface area contributed by atoms with Gasteiger partial charge in [-0.15, -0.1) is 0 Å². The van der Waals surface area contributed by atoms with E-state index in [0.29, 0.717) is 17.5 Å². The quantitative estimate of drug-likeness (QED) is 0.808. The van der Waals surface area contributed by atoms with Gasteiger partial charge < -0.3 is 15.4 Å². The van der Waals surface area contributed by atoms with Gasteiger partial charge in [-0.25, -0.2) is 9.78 Å². The summed E-state index contributed by atoms with van der Waals surface area (Å²) in [6.45, 7) is 3.12. The van der Waals surface area contributed by atoms with Gasteiger partial charge >= 0.3 is 5.97 Å². The van der Waals surface area contributed by atoms with Crippen molar-refractivity contribution in [2.24, 2.45) is 0 Å². The molecule has 1 aliphatic carbocycles. The zero-order chi connectivity index (χ0) is 14.8. The molecule has 5 heteroatoms. The van der Waals surface area contributed by atoms with Gasteiger partial charge in [0.25, 0.3) is 0 Å². The molecule has 1 aromatic carbocycles. The molecule has 0 radical (unpaired) electrons. The molecule has 2 atom stereocenters. The number of aromatic carboxylic acids is 1. The Bertz CT molecular complexity index is 648. The lowest BCUT2D eigenvalue weighted by atomic mass is 9.85. The number of carbonyl (C=O) groups is 1. The maximum Gasteiger partial charge on any atom is 0.337 e. The molecule has 21 heavy (non-hydrogen) atoms. The van der Waals surface area contributed by atoms with E-state index in [1.54, 1.807) is 12.1 Å². The van der Waals surface area contributed by atoms with E-state index in [4.69, 9.17) is 0 Å². The zero-order valence-electron chi connectivity index (χ0n) is 12.2. The van der Waals surface area contributed by atoms with Crippen LogP contribution in [-0.4, -0.2) is 33.6 Å². The lowest BCUT2D eigenvalue weighted by Gasteiger charge is -2.28. The monoisotopic (exact) mass is 287 g/mol. The Hall–Kier alpha value is -1.88. The maximum absolute atomic E-state index is 11.3. The molecule has 1 saturated carbocycles. The Labute approximate surface area is 123 Å². The normalized spacial score (nSPS) is 22.5. The number of carboxylic acid groups (broad SMARTS) is 1. The average Bonchev–Trinajstić information content (AvgIpc) is 2.91. The third-order valence-electron chi connectivity index (χ3n) is 4.32. The first-order chi connectivity index (χ1) is 10.2. The second kappa shape index (κ2) is 5.85. The topological polar surface area (TPSA) is 78.0 Å². The fourth-order valence-electron chi connectivity index (χ4n) is 3.33. The molecule has 0 saturated heterocycles. The van der Waals surface area contributed by atoms with Gasteiger partial charge in [0.05, 0.1) is 11.1 Å². The Kier molecular flexibility index (Phi) is 3.92. The summed E-state index contributed by atoms with van der Waals surface area (Å²) < 4.78 is 0. The molecule has 0 aliphatic heterocycles. The lowest BCUT2D eigenvalue weighted by Crippen LogP contribution is -2.33. The van der Waals surface area contributed by atoms with E-state index in [1.165, 1.54) is 12.8 Å². The van der Waals surface area contributed by atoms with Crippen molar-refractivity contribution in [3.05, 3.63) is 29.6 Å². The number of imidazole rings is 1. The van der Waals surface area contributed by atoms with Crippen LogP contribution in [0.5, 0.6) is 0 Å². The zero-order valence-corrected chi connectivity index (χ0v) is 12.2. The molecule has 3 N–H and O–H groups in total. The maximum atomic E-state index is 11.3. The van der Waals surface area contributed by atoms with Gasteiger partial charge in [0.15, 0.2) is 0 Å². The Balaban J connectivity index is 1.90. The van der Waals surface area contributed by atoms with Crippen molar-refractivity contribution in [1.82, 2.24) is 15.3 Å². The minimum Gasteiger partial charge on any atom is -0.478 e. The summed E-state index contributed by atoms with van der Waals surface area (Å²) in [6, 6.07) is 5.80. The van der Waals surface area contributed by atoms with Gasteiger partial charge in [0.2, 0.25) is 0 Å². The van der Waals surface area contributed by atoms with Crippen molar-refractivity contribution >= 4 is 17.0 Å². The molecule has 1 fully saturated rings. The molecule has 112 valence electrons. The van der Waals surface area contributed by atoms with Crippen LogP contribution in [0.2, 0.25) is 0 Å². The Morgan fingerprint density at radius 2 is 2.33 bits per heavy atom. The number of carboxylic acids is 1. The number of aromatic nitrogens is 2. The van der Waals surface area contributed by atoms with Gasteiger partial charge in [-0.05, 0) is 37.9 Å². The number of rotatable bonds is 4. The van der Waals surface area contributed by atoms with Gasteiger partial charge in [-0.1, -0.05) is 19.4 Å². The van der Waals surface area contributed by atoms with Crippen LogP contribution >= 0.6 is 0 Å². The molecular formula is C16H21N3O2. The summed E-state index contributed by atoms with van der Waals surface area (Å²) in [4.78, 5) is 19.2. The van der Waals surface area contributed by atoms with E-state index in [1.807, 2.05) is 6.07 Å². The van der Waals surface area contributed by atoms with Gasteiger partial charge in [-0.3, -0.25) is 0 Å². The van der Waals surface area contributed by atoms with E-state index < -0.39 is 5.97 Å². The van der Waals surface area contributed by atoms with Crippen LogP contribution in [0.15, 0.2) is 18.2 Å². The number of nitrogens with zero attached hydrogens (tertiary/aromatic N) is 1. The standard InChI is InChI=1S/C16H21N3O2/c1-2-17-11-6-3-5-10(9-11)15-18-13-8-4-7-12(16(20)21)14(13)19-15/h4,7-8,10-11,17H,2-3,5-6,9H2,1H3,(H,18,19)(H,20,21). The number of benzene rings is 1. The number of para-hydroxylation sites is 1. The summed E-state index contributed by atoms with van der Waals surface area (Å²) in [5.74, 6) is 0.394. The summed E-state index contributed by atoms with van der Waals surface area (Å²) in [5, 5.41) is 12.8. The first kappa shape index (κ1) is 14.1. The number of hydrogen-bond acceptors (Lipinski definition) is 3. The van der Waals surface area contributed by atoms with Crippen LogP contribution in [0, 0.1) is 0 Å². The van der Waals surface area contributed by atoms with E-state index in [0.717, 1.165) is 30.7 Å². The van der Waals surface area contributed by atoms with Crippen LogP contribution in [0.3, 0.4) is 0 Å². The third kappa shape index (κ3) is 2.78. The number of hydrogen-bond donors (Lipinski definition) is 3. The molecule has 2 aromatic rings. The Morgan fingerprint density at radius 1 is 1.48 bits per heavy atom. The highest BCUT2D eigenvalue weighted by atomic mass is 16.4. The number of aromatic amines is 1. The van der Waals surface area contributed by atoms with Crippen molar-refractivity contribution in [2.75, 3.05) is 6.54 Å². The van der Waals surface area contributed by atoms with E-state index in [-0.39, 0.29) is 5.56 Å². The third-order valence-corrected chi connectivity index (χ3v) is 4.32. The molecule has 1 aliphatic rings. The van der Waals surface area contributed by atoms with Gasteiger partial charge in [0, 0.05) is 12.0 Å². The number of nitrogens with one attached hydrogen (secondary N) is 2. The highest BCUT2D eigenvalue weighted by molar-refractivity contribution is 6.00. The predicted molar refractivity (Wildman–Crippen MR) is 81.7 cm³/mol. The molecule has 0 bridgehead atoms. The second-order valence-electron chi connectivity index (χ2n) is 5.75. The van der Waals surface area contributed by atoms with Crippen LogP contribution in [0.25, 0.3) is 11.0 Å². The van der Waals surface area contributed by atoms with E-state index in [2.05, 4.69) is 22.2 Å². The van der Waals surface area contributed by atoms with E-state index >= 15 is 0 Å². The van der Waals surface area contributed by atoms with Crippen LogP contribution in [-0.2, 0) is 0 Å². The average molecular weight is 287 g/mol. The first-order valence-corrected chi connectivity index (χ1v) is 7.64. The number of fused-ring (bicyclic) bond motifs is 1. The minimum atomic E-state index is -0.923. The second-order valence-corrected chi connectivity index (χ2v) is 5.75. The predicted octanol–water partition coefficient (Wildman–Crippen LogP) is 2.90. The minimum absolute atomic E-state index is 0.272. The van der Waals surface area contributed by atoms with Crippen LogP contribution < -0.4 is 5.32 Å². The summed E-state index contributed by atoms with van der Waals surface area (Å²) in [5.41, 5.74) is 1.66. The van der Waals surface area contributed by atoms with Crippen molar-refractivity contribution in [1.29, 1.82) is 0 Å². The van der Waals surface area contributed by atoms with Crippen molar-refractivity contribution in [3.63, 3.8) is 0 Å². The summed E-state index contributed by atoms with van der Waals surface area (Å²) >= 11 is 0. The van der Waals surface area contributed by atoms with Gasteiger partial charge in [0.1, 0.15) is 11.3 Å². The summed E-state index contributed by atoms with van der Waals surface area (Å²) in [7, 11) is 0. The molecule has 0 spiro atoms. The smallest absolute Gasteiger partial charge is 0.337 e. The highest BCUT2D eigenvalue weighted by Gasteiger charge is 2.25. The summed E-state index contributed by atoms with van der Waals surface area (Å²) in [6.07, 6.45) is 4.58. The van der Waals surface area contributed by atoms with E-state index in [9.17, 15) is 9.90 Å².